The molecule has 2 saturated heterocycles. The zero-order valence-corrected chi connectivity index (χ0v) is 15.5. The van der Waals surface area contributed by atoms with E-state index >= 15 is 0 Å². The van der Waals surface area contributed by atoms with Gasteiger partial charge in [-0.2, -0.15) is 0 Å². The smallest absolute Gasteiger partial charge is 0.319 e. The molecule has 2 aliphatic rings. The minimum absolute atomic E-state index is 0.0752. The molecule has 2 heterocycles. The van der Waals surface area contributed by atoms with E-state index < -0.39 is 11.9 Å². The maximum absolute atomic E-state index is 13.0. The Morgan fingerprint density at radius 1 is 1.04 bits per heavy atom. The molecule has 2 N–H and O–H groups in total. The number of benzene rings is 2. The van der Waals surface area contributed by atoms with Crippen molar-refractivity contribution in [3.05, 3.63) is 71.8 Å². The fourth-order valence-electron chi connectivity index (χ4n) is 3.98. The number of hydrogen-bond donors (Lipinski definition) is 2. The second kappa shape index (κ2) is 8.54. The lowest BCUT2D eigenvalue weighted by atomic mass is 9.76. The number of nitrogens with one attached hydrogen (secondary N) is 2. The first-order valence-electron chi connectivity index (χ1n) is 9.67. The number of amides is 1. The third kappa shape index (κ3) is 3.93. The van der Waals surface area contributed by atoms with Crippen LogP contribution in [-0.2, 0) is 19.1 Å². The Kier molecular flexibility index (Phi) is 5.69. The lowest BCUT2D eigenvalue weighted by molar-refractivity contribution is -0.158. The van der Waals surface area contributed by atoms with Crippen LogP contribution in [0.2, 0.25) is 0 Å². The van der Waals surface area contributed by atoms with Crippen molar-refractivity contribution in [3.63, 3.8) is 0 Å². The van der Waals surface area contributed by atoms with E-state index in [1.807, 2.05) is 60.7 Å². The predicted octanol–water partition coefficient (Wildman–Crippen LogP) is 2.48. The van der Waals surface area contributed by atoms with Crippen LogP contribution in [0.5, 0.6) is 0 Å². The highest BCUT2D eigenvalue weighted by molar-refractivity contribution is 5.99. The summed E-state index contributed by atoms with van der Waals surface area (Å²) in [4.78, 5) is 25.6. The number of hydrogen-bond acceptors (Lipinski definition) is 5. The number of rotatable bonds is 5. The second-order valence-corrected chi connectivity index (χ2v) is 7.20. The Morgan fingerprint density at radius 2 is 1.71 bits per heavy atom. The van der Waals surface area contributed by atoms with Crippen molar-refractivity contribution in [3.8, 4) is 0 Å². The van der Waals surface area contributed by atoms with Gasteiger partial charge in [0.05, 0.1) is 12.1 Å². The van der Waals surface area contributed by atoms with Gasteiger partial charge in [-0.05, 0) is 24.0 Å². The van der Waals surface area contributed by atoms with Crippen molar-refractivity contribution in [2.24, 2.45) is 5.92 Å². The van der Waals surface area contributed by atoms with Gasteiger partial charge in [0, 0.05) is 12.5 Å². The summed E-state index contributed by atoms with van der Waals surface area (Å²) in [6.45, 7) is 0.881. The van der Waals surface area contributed by atoms with Crippen molar-refractivity contribution in [1.29, 1.82) is 0 Å². The van der Waals surface area contributed by atoms with Gasteiger partial charge in [0.1, 0.15) is 12.5 Å². The fraction of sp³-hybridized carbons (Fsp3) is 0.364. The Bertz CT molecular complexity index is 806. The molecular formula is C22H24N2O4. The molecule has 2 aromatic carbocycles. The third-order valence-corrected chi connectivity index (χ3v) is 5.38. The summed E-state index contributed by atoms with van der Waals surface area (Å²) in [6.07, 6.45) is 1.77. The van der Waals surface area contributed by atoms with Gasteiger partial charge in [0.25, 0.3) is 0 Å². The van der Waals surface area contributed by atoms with Crippen LogP contribution < -0.4 is 10.9 Å². The normalized spacial score (nSPS) is 27.2. The third-order valence-electron chi connectivity index (χ3n) is 5.38. The fourth-order valence-corrected chi connectivity index (χ4v) is 3.98. The minimum Gasteiger partial charge on any atom is -0.462 e. The topological polar surface area (TPSA) is 76.7 Å². The molecule has 4 atom stereocenters. The van der Waals surface area contributed by atoms with E-state index in [1.54, 1.807) is 0 Å². The highest BCUT2D eigenvalue weighted by Crippen LogP contribution is 2.39. The zero-order valence-electron chi connectivity index (χ0n) is 15.5. The molecule has 2 aromatic rings. The van der Waals surface area contributed by atoms with E-state index in [-0.39, 0.29) is 30.6 Å². The van der Waals surface area contributed by atoms with Gasteiger partial charge in [0.2, 0.25) is 5.91 Å². The molecule has 146 valence electrons. The van der Waals surface area contributed by atoms with E-state index in [0.717, 1.165) is 24.0 Å². The highest BCUT2D eigenvalue weighted by Gasteiger charge is 2.45. The molecule has 2 aliphatic heterocycles. The van der Waals surface area contributed by atoms with Crippen LogP contribution in [0.4, 0.5) is 0 Å². The summed E-state index contributed by atoms with van der Waals surface area (Å²) in [5.41, 5.74) is 7.66. The number of carbonyl (C=O) groups is 2. The maximum Gasteiger partial charge on any atom is 0.319 e. The van der Waals surface area contributed by atoms with Gasteiger partial charge in [0.15, 0.2) is 0 Å². The maximum atomic E-state index is 13.0. The molecule has 1 amide bonds. The second-order valence-electron chi connectivity index (χ2n) is 7.20. The summed E-state index contributed by atoms with van der Waals surface area (Å²) >= 11 is 0. The summed E-state index contributed by atoms with van der Waals surface area (Å²) < 4.78 is 11.0. The molecule has 0 spiro atoms. The zero-order chi connectivity index (χ0) is 19.3. The molecule has 0 radical (unpaired) electrons. The molecule has 28 heavy (non-hydrogen) atoms. The van der Waals surface area contributed by atoms with Crippen molar-refractivity contribution < 1.29 is 19.1 Å². The van der Waals surface area contributed by atoms with E-state index in [1.165, 1.54) is 0 Å². The van der Waals surface area contributed by atoms with Gasteiger partial charge in [-0.3, -0.25) is 15.0 Å². The molecule has 0 saturated carbocycles. The Hall–Kier alpha value is -2.70. The average Bonchev–Trinajstić information content (AvgIpc) is 3.27. The van der Waals surface area contributed by atoms with E-state index in [0.29, 0.717) is 6.61 Å². The van der Waals surface area contributed by atoms with Crippen molar-refractivity contribution in [2.75, 3.05) is 13.2 Å². The number of esters is 1. The van der Waals surface area contributed by atoms with E-state index in [2.05, 4.69) is 10.9 Å². The van der Waals surface area contributed by atoms with Gasteiger partial charge < -0.3 is 9.47 Å². The van der Waals surface area contributed by atoms with E-state index in [4.69, 9.17) is 9.47 Å². The Balaban J connectivity index is 1.62. The van der Waals surface area contributed by atoms with Crippen molar-refractivity contribution in [2.45, 2.75) is 30.9 Å². The van der Waals surface area contributed by atoms with Crippen LogP contribution in [-0.4, -0.2) is 31.2 Å². The molecule has 0 bridgehead atoms. The molecule has 2 fully saturated rings. The summed E-state index contributed by atoms with van der Waals surface area (Å²) in [5.74, 6) is -2.20. The standard InChI is InChI=1S/C22H24N2O4/c25-21-19(22(26)28-14-17-12-7-13-27-17)18(15-8-3-1-4-9-15)20(23-24-21)16-10-5-2-6-11-16/h1-6,8-11,17-20,23H,7,12-14H2,(H,24,25). The van der Waals surface area contributed by atoms with Gasteiger partial charge in [-0.1, -0.05) is 60.7 Å². The first kappa shape index (κ1) is 18.7. The van der Waals surface area contributed by atoms with Crippen molar-refractivity contribution in [1.82, 2.24) is 10.9 Å². The highest BCUT2D eigenvalue weighted by atomic mass is 16.6. The van der Waals surface area contributed by atoms with Gasteiger partial charge in [-0.15, -0.1) is 0 Å². The molecule has 4 unspecified atom stereocenters. The van der Waals surface area contributed by atoms with Crippen LogP contribution in [0.3, 0.4) is 0 Å². The molecular weight excluding hydrogens is 356 g/mol. The Morgan fingerprint density at radius 3 is 2.36 bits per heavy atom. The minimum atomic E-state index is -0.935. The average molecular weight is 380 g/mol. The monoisotopic (exact) mass is 380 g/mol. The first-order chi connectivity index (χ1) is 13.7. The van der Waals surface area contributed by atoms with Crippen molar-refractivity contribution >= 4 is 11.9 Å². The lowest BCUT2D eigenvalue weighted by Gasteiger charge is -2.37. The molecule has 0 aliphatic carbocycles. The number of ether oxygens (including phenoxy) is 2. The van der Waals surface area contributed by atoms with Crippen LogP contribution in [0.1, 0.15) is 35.9 Å². The summed E-state index contributed by atoms with van der Waals surface area (Å²) in [6, 6.07) is 19.2. The predicted molar refractivity (Wildman–Crippen MR) is 103 cm³/mol. The largest absolute Gasteiger partial charge is 0.462 e. The summed E-state index contributed by atoms with van der Waals surface area (Å²) in [7, 11) is 0. The number of hydrazine groups is 1. The molecule has 6 heteroatoms. The SMILES string of the molecule is O=C1NNC(c2ccccc2)C(c2ccccc2)C1C(=O)OCC1CCCO1. The lowest BCUT2D eigenvalue weighted by Crippen LogP contribution is -2.56. The van der Waals surface area contributed by atoms with Gasteiger partial charge >= 0.3 is 5.97 Å². The molecule has 6 nitrogen and oxygen atoms in total. The van der Waals surface area contributed by atoms with Crippen LogP contribution >= 0.6 is 0 Å². The van der Waals surface area contributed by atoms with Gasteiger partial charge in [-0.25, -0.2) is 5.43 Å². The van der Waals surface area contributed by atoms with Crippen LogP contribution in [0.15, 0.2) is 60.7 Å². The van der Waals surface area contributed by atoms with Crippen LogP contribution in [0, 0.1) is 5.92 Å². The first-order valence-corrected chi connectivity index (χ1v) is 9.67. The molecule has 0 aromatic heterocycles. The quantitative estimate of drug-likeness (QED) is 0.616. The van der Waals surface area contributed by atoms with Crippen LogP contribution in [0.25, 0.3) is 0 Å². The van der Waals surface area contributed by atoms with E-state index in [9.17, 15) is 9.59 Å². The number of carbonyl (C=O) groups excluding carboxylic acids is 2. The summed E-state index contributed by atoms with van der Waals surface area (Å²) in [5, 5.41) is 0. The Labute approximate surface area is 164 Å². The molecule has 4 rings (SSSR count).